The van der Waals surface area contributed by atoms with Crippen LogP contribution in [0.4, 0.5) is 0 Å². The lowest BCUT2D eigenvalue weighted by Crippen LogP contribution is -2.30. The van der Waals surface area contributed by atoms with Gasteiger partial charge < -0.3 is 5.11 Å². The van der Waals surface area contributed by atoms with Crippen LogP contribution in [0.15, 0.2) is 10.2 Å². The molecule has 1 N–H and O–H groups in total. The molecular weight excluding hydrogens is 172 g/mol. The first-order valence-electron chi connectivity index (χ1n) is 4.02. The molecule has 0 spiro atoms. The van der Waals surface area contributed by atoms with Crippen LogP contribution in [0.1, 0.15) is 19.3 Å². The van der Waals surface area contributed by atoms with Gasteiger partial charge in [0.1, 0.15) is 0 Å². The molecule has 70 valence electrons. The average Bonchev–Trinajstić information content (AvgIpc) is 2.04. The number of hydrogen-bond donors (Lipinski definition) is 1. The second kappa shape index (κ2) is 4.57. The molecule has 0 aromatic heterocycles. The fourth-order valence-electron chi connectivity index (χ4n) is 1.57. The van der Waals surface area contributed by atoms with Gasteiger partial charge in [0, 0.05) is 21.9 Å². The van der Waals surface area contributed by atoms with Crippen LogP contribution in [0, 0.1) is 0 Å². The van der Waals surface area contributed by atoms with Crippen molar-refractivity contribution in [2.24, 2.45) is 10.2 Å². The summed E-state index contributed by atoms with van der Waals surface area (Å²) < 4.78 is 0. The third kappa shape index (κ3) is 2.83. The maximum absolute atomic E-state index is 9.34. The highest BCUT2D eigenvalue weighted by molar-refractivity contribution is 4.86. The monoisotopic (exact) mass is 182 g/mol. The largest absolute Gasteiger partial charge is 0.393 e. The summed E-state index contributed by atoms with van der Waals surface area (Å²) in [6.07, 6.45) is 0.925. The summed E-state index contributed by atoms with van der Waals surface area (Å²) in [5, 5.41) is 16.3. The predicted molar refractivity (Wildman–Crippen MR) is 45.7 cm³/mol. The zero-order valence-corrected chi connectivity index (χ0v) is 6.98. The molecule has 1 rings (SSSR count). The minimum Gasteiger partial charge on any atom is -0.393 e. The van der Waals surface area contributed by atoms with Crippen molar-refractivity contribution in [1.29, 1.82) is 0 Å². The quantitative estimate of drug-likeness (QED) is 0.391. The molecule has 0 aromatic rings. The molecule has 0 amide bonds. The lowest BCUT2D eigenvalue weighted by molar-refractivity contribution is 0.111. The maximum Gasteiger partial charge on any atom is 0.0548 e. The first-order valence-corrected chi connectivity index (χ1v) is 4.02. The van der Waals surface area contributed by atoms with Crippen LogP contribution in [0.5, 0.6) is 0 Å². The molecule has 0 bridgehead atoms. The normalized spacial score (nSPS) is 32.8. The number of aliphatic hydroxyl groups is 1. The molecule has 1 unspecified atom stereocenters. The van der Waals surface area contributed by atoms with E-state index in [0.717, 1.165) is 0 Å². The van der Waals surface area contributed by atoms with Gasteiger partial charge in [0.05, 0.1) is 6.10 Å². The molecule has 0 aliphatic heterocycles. The molecule has 7 nitrogen and oxygen atoms in total. The summed E-state index contributed by atoms with van der Waals surface area (Å²) in [4.78, 5) is 5.33. The van der Waals surface area contributed by atoms with E-state index in [4.69, 9.17) is 11.1 Å². The third-order valence-corrected chi connectivity index (χ3v) is 2.06. The standard InChI is InChI=1S/C6H10N6O/c7-11-9-4-1-5(10-12-8)3-6(13)2-4/h4-6,13H,1-3H2/t4-,5+,6?. The molecule has 0 heterocycles. The Morgan fingerprint density at radius 2 is 1.46 bits per heavy atom. The second-order valence-electron chi connectivity index (χ2n) is 3.08. The van der Waals surface area contributed by atoms with E-state index in [-0.39, 0.29) is 12.1 Å². The average molecular weight is 182 g/mol. The molecule has 1 aliphatic carbocycles. The third-order valence-electron chi connectivity index (χ3n) is 2.06. The molecule has 13 heavy (non-hydrogen) atoms. The highest BCUT2D eigenvalue weighted by Gasteiger charge is 2.26. The zero-order valence-electron chi connectivity index (χ0n) is 6.98. The molecule has 1 fully saturated rings. The Morgan fingerprint density at radius 1 is 1.00 bits per heavy atom. The Kier molecular flexibility index (Phi) is 3.40. The Morgan fingerprint density at radius 3 is 1.85 bits per heavy atom. The van der Waals surface area contributed by atoms with Crippen LogP contribution in [0.25, 0.3) is 20.9 Å². The Balaban J connectivity index is 2.61. The van der Waals surface area contributed by atoms with Gasteiger partial charge in [-0.25, -0.2) is 0 Å². The van der Waals surface area contributed by atoms with E-state index >= 15 is 0 Å². The number of nitrogens with zero attached hydrogens (tertiary/aromatic N) is 6. The van der Waals surface area contributed by atoms with Crippen LogP contribution in [-0.2, 0) is 0 Å². The summed E-state index contributed by atoms with van der Waals surface area (Å²) in [6.45, 7) is 0. The van der Waals surface area contributed by atoms with Crippen molar-refractivity contribution in [3.8, 4) is 0 Å². The summed E-state index contributed by atoms with van der Waals surface area (Å²) in [5.74, 6) is 0. The minimum atomic E-state index is -0.528. The molecule has 0 radical (unpaired) electrons. The van der Waals surface area contributed by atoms with Gasteiger partial charge >= 0.3 is 0 Å². The van der Waals surface area contributed by atoms with Gasteiger partial charge in [-0.15, -0.1) is 0 Å². The fraction of sp³-hybridized carbons (Fsp3) is 1.00. The predicted octanol–water partition coefficient (Wildman–Crippen LogP) is 1.89. The minimum absolute atomic E-state index is 0.246. The van der Waals surface area contributed by atoms with Crippen molar-refractivity contribution in [1.82, 2.24) is 0 Å². The van der Waals surface area contributed by atoms with E-state index in [0.29, 0.717) is 19.3 Å². The molecule has 0 saturated heterocycles. The maximum atomic E-state index is 9.34. The fourth-order valence-corrected chi connectivity index (χ4v) is 1.57. The van der Waals surface area contributed by atoms with Gasteiger partial charge in [0.2, 0.25) is 0 Å². The van der Waals surface area contributed by atoms with Gasteiger partial charge in [-0.1, -0.05) is 10.2 Å². The van der Waals surface area contributed by atoms with Gasteiger partial charge in [0.15, 0.2) is 0 Å². The summed E-state index contributed by atoms with van der Waals surface area (Å²) in [5.41, 5.74) is 16.4. The van der Waals surface area contributed by atoms with Gasteiger partial charge in [-0.3, -0.25) is 0 Å². The Labute approximate surface area is 74.6 Å². The Bertz CT molecular complexity index is 240. The van der Waals surface area contributed by atoms with E-state index in [2.05, 4.69) is 20.1 Å². The second-order valence-corrected chi connectivity index (χ2v) is 3.08. The number of hydrogen-bond acceptors (Lipinski definition) is 3. The smallest absolute Gasteiger partial charge is 0.0548 e. The number of rotatable bonds is 2. The van der Waals surface area contributed by atoms with Crippen LogP contribution in [-0.4, -0.2) is 23.3 Å². The van der Waals surface area contributed by atoms with Crippen molar-refractivity contribution in [2.45, 2.75) is 37.5 Å². The van der Waals surface area contributed by atoms with E-state index in [1.807, 2.05) is 0 Å². The van der Waals surface area contributed by atoms with Crippen LogP contribution >= 0.6 is 0 Å². The van der Waals surface area contributed by atoms with E-state index in [9.17, 15) is 5.11 Å². The topological polar surface area (TPSA) is 118 Å². The summed E-state index contributed by atoms with van der Waals surface area (Å²) in [7, 11) is 0. The SMILES string of the molecule is [N-]=[N+]=N[C@@H]1CC(O)C[C@H](N=[N+]=[N-])C1. The van der Waals surface area contributed by atoms with Crippen LogP contribution in [0.3, 0.4) is 0 Å². The van der Waals surface area contributed by atoms with Crippen molar-refractivity contribution in [3.63, 3.8) is 0 Å². The summed E-state index contributed by atoms with van der Waals surface area (Å²) in [6, 6.07) is -0.492. The first-order chi connectivity index (χ1) is 6.26. The highest BCUT2D eigenvalue weighted by Crippen LogP contribution is 2.24. The zero-order chi connectivity index (χ0) is 9.68. The molecule has 3 atom stereocenters. The van der Waals surface area contributed by atoms with Crippen LogP contribution < -0.4 is 0 Å². The molecule has 0 aromatic carbocycles. The summed E-state index contributed by atoms with van der Waals surface area (Å²) >= 11 is 0. The van der Waals surface area contributed by atoms with E-state index in [1.165, 1.54) is 0 Å². The first kappa shape index (κ1) is 9.67. The molecular formula is C6H10N6O. The van der Waals surface area contributed by atoms with Gasteiger partial charge in [-0.05, 0) is 30.3 Å². The molecule has 1 saturated carbocycles. The van der Waals surface area contributed by atoms with Crippen molar-refractivity contribution in [2.75, 3.05) is 0 Å². The molecule has 1 aliphatic rings. The highest BCUT2D eigenvalue weighted by atomic mass is 16.3. The molecule has 7 heteroatoms. The number of azide groups is 2. The lowest BCUT2D eigenvalue weighted by atomic mass is 9.90. The lowest BCUT2D eigenvalue weighted by Gasteiger charge is -2.26. The van der Waals surface area contributed by atoms with E-state index in [1.54, 1.807) is 0 Å². The van der Waals surface area contributed by atoms with Crippen molar-refractivity contribution < 1.29 is 5.11 Å². The van der Waals surface area contributed by atoms with Crippen molar-refractivity contribution in [3.05, 3.63) is 20.9 Å². The Hall–Kier alpha value is -1.42. The van der Waals surface area contributed by atoms with Gasteiger partial charge in [-0.2, -0.15) is 0 Å². The van der Waals surface area contributed by atoms with Crippen LogP contribution in [0.2, 0.25) is 0 Å². The van der Waals surface area contributed by atoms with Crippen molar-refractivity contribution >= 4 is 0 Å². The van der Waals surface area contributed by atoms with Gasteiger partial charge in [0.25, 0.3) is 0 Å². The van der Waals surface area contributed by atoms with E-state index < -0.39 is 6.10 Å². The number of aliphatic hydroxyl groups excluding tert-OH is 1.